The largest absolute Gasteiger partial charge is 0.377 e. The fraction of sp³-hybridized carbons (Fsp3) is 0.270. The molecule has 0 saturated heterocycles. The second-order valence-electron chi connectivity index (χ2n) is 11.1. The van der Waals surface area contributed by atoms with Crippen LogP contribution in [-0.2, 0) is 4.79 Å². The van der Waals surface area contributed by atoms with Crippen molar-refractivity contribution in [3.05, 3.63) is 120 Å². The fourth-order valence-corrected chi connectivity index (χ4v) is 5.18. The fourth-order valence-electron chi connectivity index (χ4n) is 5.18. The van der Waals surface area contributed by atoms with Gasteiger partial charge < -0.3 is 10.6 Å². The predicted octanol–water partition coefficient (Wildman–Crippen LogP) is 7.75. The first-order valence-electron chi connectivity index (χ1n) is 15.5. The second kappa shape index (κ2) is 16.8. The van der Waals surface area contributed by atoms with E-state index in [2.05, 4.69) is 17.6 Å². The van der Waals surface area contributed by atoms with Gasteiger partial charge in [-0.1, -0.05) is 111 Å². The number of anilines is 2. The average Bonchev–Trinajstić information content (AvgIpc) is 3.09. The zero-order chi connectivity index (χ0) is 32.0. The standard InChI is InChI=1S/C37H42N4O4/c1-3-4-5-6-12-24-38-37(44)41(2)31-17-13-16-30(25-31)27-20-22-28(23-21-27)34(26-35(42)40-45)39-33-19-11-10-18-32(33)36(43)29-14-8-7-9-15-29/h7-11,13-23,25,34,39,45H,3-6,12,24,26H2,1-2H3,(H,38,44)(H,40,42). The third kappa shape index (κ3) is 9.27. The van der Waals surface area contributed by atoms with Gasteiger partial charge in [-0.05, 0) is 47.4 Å². The minimum absolute atomic E-state index is 0.0578. The molecule has 1 unspecified atom stereocenters. The predicted molar refractivity (Wildman–Crippen MR) is 180 cm³/mol. The highest BCUT2D eigenvalue weighted by atomic mass is 16.5. The van der Waals surface area contributed by atoms with Gasteiger partial charge in [-0.3, -0.25) is 19.7 Å². The van der Waals surface area contributed by atoms with Crippen LogP contribution in [0.5, 0.6) is 0 Å². The number of hydroxylamine groups is 1. The first-order chi connectivity index (χ1) is 21.9. The molecule has 0 radical (unpaired) electrons. The molecule has 45 heavy (non-hydrogen) atoms. The lowest BCUT2D eigenvalue weighted by Crippen LogP contribution is -2.37. The van der Waals surface area contributed by atoms with Crippen molar-refractivity contribution in [2.24, 2.45) is 0 Å². The number of amides is 3. The molecular formula is C37H42N4O4. The third-order valence-corrected chi connectivity index (χ3v) is 7.79. The van der Waals surface area contributed by atoms with Crippen molar-refractivity contribution in [1.29, 1.82) is 0 Å². The minimum atomic E-state index is -0.557. The number of carbonyl (C=O) groups excluding carboxylic acids is 3. The number of ketones is 1. The van der Waals surface area contributed by atoms with E-state index >= 15 is 0 Å². The molecule has 4 aromatic carbocycles. The second-order valence-corrected chi connectivity index (χ2v) is 11.1. The quantitative estimate of drug-likeness (QED) is 0.0479. The van der Waals surface area contributed by atoms with Gasteiger partial charge in [0.15, 0.2) is 5.78 Å². The lowest BCUT2D eigenvalue weighted by atomic mass is 9.97. The zero-order valence-electron chi connectivity index (χ0n) is 26.0. The van der Waals surface area contributed by atoms with Crippen LogP contribution in [0.4, 0.5) is 16.2 Å². The molecule has 0 aliphatic heterocycles. The molecule has 8 heteroatoms. The topological polar surface area (TPSA) is 111 Å². The highest BCUT2D eigenvalue weighted by Crippen LogP contribution is 2.30. The molecule has 0 heterocycles. The van der Waals surface area contributed by atoms with Crippen LogP contribution in [0.25, 0.3) is 11.1 Å². The summed E-state index contributed by atoms with van der Waals surface area (Å²) in [5.74, 6) is -0.691. The normalized spacial score (nSPS) is 11.4. The van der Waals surface area contributed by atoms with Gasteiger partial charge in [0.25, 0.3) is 0 Å². The Labute approximate surface area is 265 Å². The Kier molecular flexibility index (Phi) is 12.3. The van der Waals surface area contributed by atoms with Crippen molar-refractivity contribution in [2.75, 3.05) is 23.8 Å². The Morgan fingerprint density at radius 1 is 0.778 bits per heavy atom. The van der Waals surface area contributed by atoms with Gasteiger partial charge in [-0.2, -0.15) is 0 Å². The van der Waals surface area contributed by atoms with Gasteiger partial charge in [0.2, 0.25) is 5.91 Å². The number of rotatable bonds is 15. The summed E-state index contributed by atoms with van der Waals surface area (Å²) < 4.78 is 0. The first-order valence-corrected chi connectivity index (χ1v) is 15.5. The Balaban J connectivity index is 1.49. The lowest BCUT2D eigenvalue weighted by molar-refractivity contribution is -0.129. The van der Waals surface area contributed by atoms with E-state index in [0.29, 0.717) is 23.4 Å². The van der Waals surface area contributed by atoms with E-state index in [9.17, 15) is 19.6 Å². The molecule has 0 bridgehead atoms. The molecule has 0 fully saturated rings. The first kappa shape index (κ1) is 33.0. The van der Waals surface area contributed by atoms with Crippen LogP contribution in [0.2, 0.25) is 0 Å². The monoisotopic (exact) mass is 606 g/mol. The number of hydrogen-bond donors (Lipinski definition) is 4. The highest BCUT2D eigenvalue weighted by molar-refractivity contribution is 6.12. The maximum Gasteiger partial charge on any atom is 0.321 e. The van der Waals surface area contributed by atoms with Gasteiger partial charge in [-0.15, -0.1) is 0 Å². The van der Waals surface area contributed by atoms with E-state index in [4.69, 9.17) is 0 Å². The number of nitrogens with one attached hydrogen (secondary N) is 3. The van der Waals surface area contributed by atoms with E-state index in [1.807, 2.05) is 72.8 Å². The molecule has 0 spiro atoms. The molecular weight excluding hydrogens is 564 g/mol. The van der Waals surface area contributed by atoms with Crippen LogP contribution in [-0.4, -0.2) is 36.5 Å². The number of benzene rings is 4. The van der Waals surface area contributed by atoms with Crippen LogP contribution < -0.4 is 21.0 Å². The molecule has 4 rings (SSSR count). The smallest absolute Gasteiger partial charge is 0.321 e. The number of nitrogens with zero attached hydrogens (tertiary/aromatic N) is 1. The van der Waals surface area contributed by atoms with Crippen LogP contribution in [0.15, 0.2) is 103 Å². The SMILES string of the molecule is CCCCCCCNC(=O)N(C)c1cccc(-c2ccc(C(CC(=O)NO)Nc3ccccc3C(=O)c3ccccc3)cc2)c1. The van der Waals surface area contributed by atoms with E-state index in [1.165, 1.54) is 19.3 Å². The maximum atomic E-state index is 13.3. The lowest BCUT2D eigenvalue weighted by Gasteiger charge is -2.22. The van der Waals surface area contributed by atoms with E-state index in [0.717, 1.165) is 35.2 Å². The van der Waals surface area contributed by atoms with Crippen LogP contribution in [0.1, 0.15) is 73.0 Å². The molecule has 0 saturated carbocycles. The van der Waals surface area contributed by atoms with Crippen molar-refractivity contribution >= 4 is 29.1 Å². The maximum absolute atomic E-state index is 13.3. The van der Waals surface area contributed by atoms with Gasteiger partial charge >= 0.3 is 6.03 Å². The summed E-state index contributed by atoms with van der Waals surface area (Å²) >= 11 is 0. The summed E-state index contributed by atoms with van der Waals surface area (Å²) in [6, 6.07) is 31.1. The van der Waals surface area contributed by atoms with E-state index in [-0.39, 0.29) is 18.2 Å². The van der Waals surface area contributed by atoms with Gasteiger partial charge in [0, 0.05) is 36.1 Å². The molecule has 4 aromatic rings. The minimum Gasteiger partial charge on any atom is -0.377 e. The van der Waals surface area contributed by atoms with Gasteiger partial charge in [-0.25, -0.2) is 10.3 Å². The number of carbonyl (C=O) groups is 3. The van der Waals surface area contributed by atoms with Crippen LogP contribution in [0.3, 0.4) is 0 Å². The van der Waals surface area contributed by atoms with E-state index < -0.39 is 11.9 Å². The van der Waals surface area contributed by atoms with Crippen LogP contribution in [0, 0.1) is 0 Å². The van der Waals surface area contributed by atoms with E-state index in [1.54, 1.807) is 47.8 Å². The summed E-state index contributed by atoms with van der Waals surface area (Å²) in [5, 5.41) is 15.6. The molecule has 3 amide bonds. The van der Waals surface area contributed by atoms with Gasteiger partial charge in [0.1, 0.15) is 0 Å². The molecule has 8 nitrogen and oxygen atoms in total. The Hall–Kier alpha value is -4.95. The number of hydrogen-bond acceptors (Lipinski definition) is 5. The molecule has 0 aromatic heterocycles. The zero-order valence-corrected chi connectivity index (χ0v) is 26.0. The molecule has 234 valence electrons. The molecule has 4 N–H and O–H groups in total. The third-order valence-electron chi connectivity index (χ3n) is 7.79. The van der Waals surface area contributed by atoms with Crippen molar-refractivity contribution in [3.8, 4) is 11.1 Å². The summed E-state index contributed by atoms with van der Waals surface area (Å²) in [7, 11) is 1.76. The average molecular weight is 607 g/mol. The summed E-state index contributed by atoms with van der Waals surface area (Å²) in [6.45, 7) is 2.84. The Bertz CT molecular complexity index is 1560. The Morgan fingerprint density at radius 3 is 2.22 bits per heavy atom. The van der Waals surface area contributed by atoms with Crippen LogP contribution >= 0.6 is 0 Å². The molecule has 1 atom stereocenters. The summed E-state index contributed by atoms with van der Waals surface area (Å²) in [5.41, 5.74) is 6.81. The summed E-state index contributed by atoms with van der Waals surface area (Å²) in [4.78, 5) is 39.9. The number of urea groups is 1. The van der Waals surface area contributed by atoms with Crippen molar-refractivity contribution in [2.45, 2.75) is 51.5 Å². The summed E-state index contributed by atoms with van der Waals surface area (Å²) in [6.07, 6.45) is 5.63. The van der Waals surface area contributed by atoms with Gasteiger partial charge in [0.05, 0.1) is 12.5 Å². The number of unbranched alkanes of at least 4 members (excludes halogenated alkanes) is 4. The van der Waals surface area contributed by atoms with Crippen molar-refractivity contribution < 1.29 is 19.6 Å². The molecule has 0 aliphatic rings. The Morgan fingerprint density at radius 2 is 1.49 bits per heavy atom. The van der Waals surface area contributed by atoms with Crippen molar-refractivity contribution in [1.82, 2.24) is 10.8 Å². The molecule has 0 aliphatic carbocycles. The van der Waals surface area contributed by atoms with Crippen molar-refractivity contribution in [3.63, 3.8) is 0 Å². The highest BCUT2D eigenvalue weighted by Gasteiger charge is 2.20. The number of para-hydroxylation sites is 1.